The average molecular weight is 314 g/mol. The second-order valence-corrected chi connectivity index (χ2v) is 6.65. The number of hydrogen-bond donors (Lipinski definition) is 3. The van der Waals surface area contributed by atoms with Gasteiger partial charge in [-0.1, -0.05) is 42.5 Å². The van der Waals surface area contributed by atoms with Gasteiger partial charge in [0.1, 0.15) is 0 Å². The highest BCUT2D eigenvalue weighted by Crippen LogP contribution is 2.51. The van der Waals surface area contributed by atoms with Crippen LogP contribution in [0.4, 0.5) is 5.69 Å². The molecule has 0 radical (unpaired) electrons. The molecule has 0 saturated heterocycles. The van der Waals surface area contributed by atoms with Gasteiger partial charge in [-0.25, -0.2) is 0 Å². The van der Waals surface area contributed by atoms with E-state index in [1.54, 1.807) is 36.5 Å². The third-order valence-corrected chi connectivity index (χ3v) is 4.41. The van der Waals surface area contributed by atoms with Crippen LogP contribution in [0.15, 0.2) is 66.9 Å². The van der Waals surface area contributed by atoms with E-state index in [1.807, 2.05) is 30.3 Å². The first-order valence-corrected chi connectivity index (χ1v) is 8.44. The van der Waals surface area contributed by atoms with E-state index in [1.165, 1.54) is 0 Å². The minimum atomic E-state index is -4.41. The van der Waals surface area contributed by atoms with Crippen molar-refractivity contribution in [2.75, 3.05) is 5.32 Å². The Morgan fingerprint density at radius 2 is 1.59 bits per heavy atom. The quantitative estimate of drug-likeness (QED) is 0.642. The van der Waals surface area contributed by atoms with Crippen LogP contribution in [0.5, 0.6) is 0 Å². The molecule has 0 aliphatic rings. The maximum Gasteiger partial charge on any atom is 0.353 e. The van der Waals surface area contributed by atoms with Gasteiger partial charge in [-0.05, 0) is 23.6 Å². The lowest BCUT2D eigenvalue weighted by Crippen LogP contribution is -2.12. The maximum absolute atomic E-state index is 11.9. The summed E-state index contributed by atoms with van der Waals surface area (Å²) >= 11 is 0. The van der Waals surface area contributed by atoms with Gasteiger partial charge in [0.05, 0.1) is 5.69 Å². The molecule has 6 heteroatoms. The molecule has 0 amide bonds. The van der Waals surface area contributed by atoms with Gasteiger partial charge in [-0.15, -0.1) is 0 Å². The van der Waals surface area contributed by atoms with Gasteiger partial charge < -0.3 is 15.1 Å². The molecule has 2 aromatic carbocycles. The van der Waals surface area contributed by atoms with E-state index in [0.29, 0.717) is 11.4 Å². The Bertz CT molecular complexity index is 833. The van der Waals surface area contributed by atoms with Crippen LogP contribution < -0.4 is 5.32 Å². The third-order valence-electron chi connectivity index (χ3n) is 3.35. The molecule has 112 valence electrons. The van der Waals surface area contributed by atoms with Crippen molar-refractivity contribution in [1.29, 1.82) is 0 Å². The first kappa shape index (κ1) is 14.7. The van der Waals surface area contributed by atoms with Crippen LogP contribution in [0.1, 0.15) is 11.5 Å². The number of anilines is 1. The summed E-state index contributed by atoms with van der Waals surface area (Å²) in [6, 6.07) is 18.2. The Kier molecular flexibility index (Phi) is 3.94. The summed E-state index contributed by atoms with van der Waals surface area (Å²) in [6.07, 6.45) is 1.62. The number of fused-ring (bicyclic) bond motifs is 1. The van der Waals surface area contributed by atoms with Crippen molar-refractivity contribution >= 4 is 24.1 Å². The lowest BCUT2D eigenvalue weighted by Gasteiger charge is -2.20. The zero-order valence-electron chi connectivity index (χ0n) is 11.6. The topological polar surface area (TPSA) is 82.5 Å². The van der Waals surface area contributed by atoms with E-state index in [2.05, 4.69) is 10.3 Å². The van der Waals surface area contributed by atoms with E-state index in [4.69, 9.17) is 0 Å². The van der Waals surface area contributed by atoms with Gasteiger partial charge in [0.15, 0.2) is 5.78 Å². The van der Waals surface area contributed by atoms with Crippen LogP contribution in [0.2, 0.25) is 0 Å². The van der Waals surface area contributed by atoms with E-state index in [9.17, 15) is 14.4 Å². The standard InChI is InChI=1S/C16H15N2O3P/c19-22(20,21)16(18-14-8-2-1-3-9-14)15-10-12-6-4-5-7-13(12)11-17-15/h1-11,16,18H,(H2,19,20,21). The maximum atomic E-state index is 11.9. The lowest BCUT2D eigenvalue weighted by molar-refractivity contribution is 0.362. The molecular weight excluding hydrogens is 299 g/mol. The Labute approximate surface area is 127 Å². The molecule has 22 heavy (non-hydrogen) atoms. The number of para-hydroxylation sites is 1. The van der Waals surface area contributed by atoms with E-state index >= 15 is 0 Å². The molecule has 3 rings (SSSR count). The monoisotopic (exact) mass is 314 g/mol. The number of benzene rings is 2. The lowest BCUT2D eigenvalue weighted by atomic mass is 10.1. The van der Waals surface area contributed by atoms with Gasteiger partial charge in [-0.2, -0.15) is 0 Å². The molecule has 0 fully saturated rings. The van der Waals surface area contributed by atoms with Gasteiger partial charge >= 0.3 is 7.60 Å². The highest BCUT2D eigenvalue weighted by Gasteiger charge is 2.31. The van der Waals surface area contributed by atoms with Crippen molar-refractivity contribution in [3.8, 4) is 0 Å². The van der Waals surface area contributed by atoms with Crippen LogP contribution >= 0.6 is 7.60 Å². The smallest absolute Gasteiger partial charge is 0.353 e. The number of rotatable bonds is 4. The van der Waals surface area contributed by atoms with E-state index < -0.39 is 13.4 Å². The zero-order valence-corrected chi connectivity index (χ0v) is 12.5. The zero-order chi connectivity index (χ0) is 15.6. The number of pyridine rings is 1. The van der Waals surface area contributed by atoms with E-state index in [-0.39, 0.29) is 0 Å². The second kappa shape index (κ2) is 5.89. The molecule has 1 atom stereocenters. The van der Waals surface area contributed by atoms with Crippen molar-refractivity contribution in [3.63, 3.8) is 0 Å². The highest BCUT2D eigenvalue weighted by atomic mass is 31.2. The van der Waals surface area contributed by atoms with Crippen LogP contribution in [-0.2, 0) is 4.57 Å². The van der Waals surface area contributed by atoms with Crippen LogP contribution in [0.25, 0.3) is 10.8 Å². The van der Waals surface area contributed by atoms with Crippen molar-refractivity contribution in [2.24, 2.45) is 0 Å². The number of aromatic nitrogens is 1. The van der Waals surface area contributed by atoms with Crippen LogP contribution in [-0.4, -0.2) is 14.8 Å². The first-order valence-electron chi connectivity index (χ1n) is 6.75. The predicted molar refractivity (Wildman–Crippen MR) is 86.6 cm³/mol. The van der Waals surface area contributed by atoms with Crippen molar-refractivity contribution in [1.82, 2.24) is 4.98 Å². The molecule has 5 nitrogen and oxygen atoms in total. The third kappa shape index (κ3) is 3.17. The largest absolute Gasteiger partial charge is 0.367 e. The number of hydrogen-bond acceptors (Lipinski definition) is 3. The summed E-state index contributed by atoms with van der Waals surface area (Å²) in [6.45, 7) is 0. The average Bonchev–Trinajstić information content (AvgIpc) is 2.52. The predicted octanol–water partition coefficient (Wildman–Crippen LogP) is 3.52. The Hall–Kier alpha value is -2.20. The summed E-state index contributed by atoms with van der Waals surface area (Å²) in [5.41, 5.74) is 0.946. The van der Waals surface area contributed by atoms with Crippen LogP contribution in [0, 0.1) is 0 Å². The van der Waals surface area contributed by atoms with Gasteiger partial charge in [-0.3, -0.25) is 9.55 Å². The Morgan fingerprint density at radius 3 is 2.27 bits per heavy atom. The van der Waals surface area contributed by atoms with Gasteiger partial charge in [0, 0.05) is 17.3 Å². The molecule has 1 unspecified atom stereocenters. The van der Waals surface area contributed by atoms with E-state index in [0.717, 1.165) is 10.8 Å². The molecule has 3 N–H and O–H groups in total. The number of nitrogens with zero attached hydrogens (tertiary/aromatic N) is 1. The molecule has 0 spiro atoms. The normalized spacial score (nSPS) is 13.0. The second-order valence-electron chi connectivity index (χ2n) is 4.96. The fraction of sp³-hybridized carbons (Fsp3) is 0.0625. The molecule has 0 aliphatic heterocycles. The SMILES string of the molecule is O=P(O)(O)C(Nc1ccccc1)c1cc2ccccc2cn1. The minimum absolute atomic E-state index is 0.316. The summed E-state index contributed by atoms with van der Waals surface area (Å²) in [5, 5.41) is 4.69. The number of nitrogens with one attached hydrogen (secondary N) is 1. The Morgan fingerprint density at radius 1 is 0.955 bits per heavy atom. The highest BCUT2D eigenvalue weighted by molar-refractivity contribution is 7.52. The summed E-state index contributed by atoms with van der Waals surface area (Å²) in [4.78, 5) is 23.6. The summed E-state index contributed by atoms with van der Waals surface area (Å²) in [7, 11) is -4.41. The summed E-state index contributed by atoms with van der Waals surface area (Å²) < 4.78 is 11.9. The van der Waals surface area contributed by atoms with Crippen molar-refractivity contribution < 1.29 is 14.4 Å². The molecule has 0 aliphatic carbocycles. The van der Waals surface area contributed by atoms with Crippen LogP contribution in [0.3, 0.4) is 0 Å². The molecule has 3 aromatic rings. The molecule has 1 aromatic heterocycles. The Balaban J connectivity index is 2.02. The van der Waals surface area contributed by atoms with Gasteiger partial charge in [0.25, 0.3) is 0 Å². The molecular formula is C16H15N2O3P. The van der Waals surface area contributed by atoms with Gasteiger partial charge in [0.2, 0.25) is 0 Å². The van der Waals surface area contributed by atoms with Crippen molar-refractivity contribution in [2.45, 2.75) is 5.78 Å². The van der Waals surface area contributed by atoms with Crippen molar-refractivity contribution in [3.05, 3.63) is 72.6 Å². The molecule has 0 saturated carbocycles. The fourth-order valence-corrected chi connectivity index (χ4v) is 3.08. The fourth-order valence-electron chi connectivity index (χ4n) is 2.27. The minimum Gasteiger partial charge on any atom is -0.367 e. The molecule has 0 bridgehead atoms. The molecule has 1 heterocycles. The first-order chi connectivity index (χ1) is 10.5. The summed E-state index contributed by atoms with van der Waals surface area (Å²) in [5.74, 6) is -1.18.